The number of rotatable bonds is 2. The van der Waals surface area contributed by atoms with E-state index in [1.54, 1.807) is 30.2 Å². The number of amides is 1. The molecule has 0 aromatic carbocycles. The van der Waals surface area contributed by atoms with Gasteiger partial charge in [-0.3, -0.25) is 19.2 Å². The summed E-state index contributed by atoms with van der Waals surface area (Å²) in [4.78, 5) is 55.6. The molecule has 1 amide bonds. The van der Waals surface area contributed by atoms with Gasteiger partial charge in [-0.2, -0.15) is 0 Å². The lowest BCUT2D eigenvalue weighted by atomic mass is 9.82. The molecule has 1 saturated heterocycles. The summed E-state index contributed by atoms with van der Waals surface area (Å²) in [5.41, 5.74) is 2.04. The lowest BCUT2D eigenvalue weighted by molar-refractivity contribution is -0.122. The molecule has 0 aliphatic carbocycles. The molecule has 1 fully saturated rings. The van der Waals surface area contributed by atoms with Gasteiger partial charge < -0.3 is 24.1 Å². The molecule has 172 valence electrons. The quantitative estimate of drug-likeness (QED) is 0.563. The Balaban J connectivity index is 0.000000821. The van der Waals surface area contributed by atoms with E-state index in [9.17, 15) is 14.4 Å². The number of pyridine rings is 2. The fourth-order valence-electron chi connectivity index (χ4n) is 4.82. The van der Waals surface area contributed by atoms with Crippen molar-refractivity contribution in [3.05, 3.63) is 74.3 Å². The standard InChI is InChI=1S/C22H23N5O3.CH2O2/c1-13-3-4-17(20(28)24-13)21(29)26-10-14-9-15(12-26)18-6-5-16(22(30)27(18)11-14)19-23-7-8-25(19)2;2-1-3/h3-8,14-15H,9-12H2,1-2H3,(H,24,28);1H,(H,2,3)/t14-,15+;/m0./s1. The largest absolute Gasteiger partial charge is 0.483 e. The second-order valence-corrected chi connectivity index (χ2v) is 8.45. The van der Waals surface area contributed by atoms with E-state index in [0.717, 1.165) is 17.8 Å². The van der Waals surface area contributed by atoms with E-state index in [0.29, 0.717) is 31.0 Å². The molecule has 2 N–H and O–H groups in total. The Morgan fingerprint density at radius 2 is 1.94 bits per heavy atom. The fourth-order valence-corrected chi connectivity index (χ4v) is 4.82. The Hall–Kier alpha value is -3.95. The first-order valence-electron chi connectivity index (χ1n) is 10.6. The summed E-state index contributed by atoms with van der Waals surface area (Å²) in [6, 6.07) is 7.16. The third-order valence-corrected chi connectivity index (χ3v) is 6.24. The predicted molar refractivity (Wildman–Crippen MR) is 120 cm³/mol. The van der Waals surface area contributed by atoms with Gasteiger partial charge in [-0.1, -0.05) is 0 Å². The van der Waals surface area contributed by atoms with Crippen LogP contribution in [0, 0.1) is 12.8 Å². The number of H-pyrrole nitrogens is 1. The van der Waals surface area contributed by atoms with Crippen LogP contribution in [0.15, 0.2) is 46.2 Å². The van der Waals surface area contributed by atoms with Crippen LogP contribution in [0.25, 0.3) is 11.4 Å². The fraction of sp³-hybridized carbons (Fsp3) is 0.348. The molecule has 0 saturated carbocycles. The molecule has 33 heavy (non-hydrogen) atoms. The maximum Gasteiger partial charge on any atom is 0.290 e. The number of nitrogens with zero attached hydrogens (tertiary/aromatic N) is 4. The van der Waals surface area contributed by atoms with Gasteiger partial charge in [0.15, 0.2) is 0 Å². The zero-order valence-electron chi connectivity index (χ0n) is 18.4. The third-order valence-electron chi connectivity index (χ3n) is 6.24. The van der Waals surface area contributed by atoms with Gasteiger partial charge in [0.2, 0.25) is 0 Å². The molecule has 10 heteroatoms. The maximum atomic E-state index is 13.2. The molecule has 3 aromatic heterocycles. The summed E-state index contributed by atoms with van der Waals surface area (Å²) in [5.74, 6) is 0.668. The number of hydrogen-bond donors (Lipinski definition) is 2. The summed E-state index contributed by atoms with van der Waals surface area (Å²) in [6.07, 6.45) is 4.45. The molecule has 3 aromatic rings. The third kappa shape index (κ3) is 4.11. The first-order chi connectivity index (χ1) is 15.8. The van der Waals surface area contributed by atoms with Gasteiger partial charge in [0.05, 0.1) is 5.56 Å². The van der Waals surface area contributed by atoms with E-state index >= 15 is 0 Å². The topological polar surface area (TPSA) is 130 Å². The minimum absolute atomic E-state index is 0.0359. The number of nitrogens with one attached hydrogen (secondary N) is 1. The van der Waals surface area contributed by atoms with Crippen LogP contribution >= 0.6 is 0 Å². The number of fused-ring (bicyclic) bond motifs is 4. The molecule has 0 radical (unpaired) electrons. The minimum Gasteiger partial charge on any atom is -0.483 e. The first kappa shape index (κ1) is 22.3. The molecular weight excluding hydrogens is 426 g/mol. The predicted octanol–water partition coefficient (Wildman–Crippen LogP) is 1.21. The normalized spacial score (nSPS) is 18.7. The van der Waals surface area contributed by atoms with Crippen molar-refractivity contribution in [3.63, 3.8) is 0 Å². The average molecular weight is 451 g/mol. The summed E-state index contributed by atoms with van der Waals surface area (Å²) < 4.78 is 3.69. The number of piperidine rings is 1. The van der Waals surface area contributed by atoms with Gasteiger partial charge in [-0.25, -0.2) is 4.98 Å². The Morgan fingerprint density at radius 1 is 1.18 bits per heavy atom. The molecule has 2 atom stereocenters. The highest BCUT2D eigenvalue weighted by molar-refractivity contribution is 5.94. The van der Waals surface area contributed by atoms with E-state index in [2.05, 4.69) is 9.97 Å². The monoisotopic (exact) mass is 451 g/mol. The van der Waals surface area contributed by atoms with Crippen molar-refractivity contribution in [2.24, 2.45) is 13.0 Å². The number of aryl methyl sites for hydroxylation is 2. The summed E-state index contributed by atoms with van der Waals surface area (Å²) in [6.45, 7) is 3.15. The zero-order valence-corrected chi connectivity index (χ0v) is 18.4. The van der Waals surface area contributed by atoms with Crippen LogP contribution < -0.4 is 11.1 Å². The number of likely N-dealkylation sites (tertiary alicyclic amines) is 1. The number of imidazole rings is 1. The van der Waals surface area contributed by atoms with Crippen molar-refractivity contribution >= 4 is 12.4 Å². The summed E-state index contributed by atoms with van der Waals surface area (Å²) in [5, 5.41) is 6.89. The van der Waals surface area contributed by atoms with Crippen molar-refractivity contribution < 1.29 is 14.7 Å². The highest BCUT2D eigenvalue weighted by Crippen LogP contribution is 2.36. The SMILES string of the molecule is Cc1ccc(C(=O)N2C[C@@H]3C[C@H](C2)c2ccc(-c4nccn4C)c(=O)n2C3)c(=O)[nH]1.O=CO. The van der Waals surface area contributed by atoms with Crippen molar-refractivity contribution in [2.75, 3.05) is 13.1 Å². The molecule has 0 spiro atoms. The number of aromatic amines is 1. The van der Waals surface area contributed by atoms with Gasteiger partial charge in [-0.15, -0.1) is 0 Å². The molecule has 2 aliphatic heterocycles. The van der Waals surface area contributed by atoms with Crippen LogP contribution in [-0.4, -0.2) is 54.6 Å². The van der Waals surface area contributed by atoms with E-state index in [1.807, 2.05) is 34.5 Å². The van der Waals surface area contributed by atoms with Gasteiger partial charge in [0.25, 0.3) is 23.5 Å². The highest BCUT2D eigenvalue weighted by atomic mass is 16.3. The number of hydrogen-bond acceptors (Lipinski definition) is 5. The van der Waals surface area contributed by atoms with Crippen molar-refractivity contribution in [3.8, 4) is 11.4 Å². The molecule has 5 rings (SSSR count). The summed E-state index contributed by atoms with van der Waals surface area (Å²) >= 11 is 0. The smallest absolute Gasteiger partial charge is 0.290 e. The van der Waals surface area contributed by atoms with Gasteiger partial charge in [0.1, 0.15) is 11.4 Å². The van der Waals surface area contributed by atoms with Gasteiger partial charge >= 0.3 is 0 Å². The van der Waals surface area contributed by atoms with Gasteiger partial charge in [0, 0.05) is 56.4 Å². The molecule has 5 heterocycles. The lowest BCUT2D eigenvalue weighted by Crippen LogP contribution is -2.50. The van der Waals surface area contributed by atoms with Crippen LogP contribution in [0.5, 0.6) is 0 Å². The van der Waals surface area contributed by atoms with E-state index < -0.39 is 0 Å². The first-order valence-corrected chi connectivity index (χ1v) is 10.6. The molecular formula is C23H25N5O5. The van der Waals surface area contributed by atoms with Crippen LogP contribution in [0.2, 0.25) is 0 Å². The molecule has 10 nitrogen and oxygen atoms in total. The van der Waals surface area contributed by atoms with Crippen molar-refractivity contribution in [1.29, 1.82) is 0 Å². The van der Waals surface area contributed by atoms with Gasteiger partial charge in [-0.05, 0) is 43.5 Å². The number of carbonyl (C=O) groups excluding carboxylic acids is 1. The van der Waals surface area contributed by atoms with Crippen LogP contribution in [0.3, 0.4) is 0 Å². The van der Waals surface area contributed by atoms with Crippen molar-refractivity contribution in [1.82, 2.24) is 24.0 Å². The van der Waals surface area contributed by atoms with Crippen LogP contribution in [0.4, 0.5) is 0 Å². The molecule has 0 unspecified atom stereocenters. The average Bonchev–Trinajstić information content (AvgIpc) is 3.20. The second-order valence-electron chi connectivity index (χ2n) is 8.45. The molecule has 2 aliphatic rings. The number of carbonyl (C=O) groups is 2. The summed E-state index contributed by atoms with van der Waals surface area (Å²) in [7, 11) is 1.87. The lowest BCUT2D eigenvalue weighted by Gasteiger charge is -2.42. The Bertz CT molecular complexity index is 1320. The number of carboxylic acid groups (broad SMARTS) is 1. The van der Waals surface area contributed by atoms with E-state index in [4.69, 9.17) is 9.90 Å². The minimum atomic E-state index is -0.355. The van der Waals surface area contributed by atoms with Crippen molar-refractivity contribution in [2.45, 2.75) is 25.8 Å². The van der Waals surface area contributed by atoms with E-state index in [-0.39, 0.29) is 40.9 Å². The maximum absolute atomic E-state index is 13.2. The van der Waals surface area contributed by atoms with Crippen LogP contribution in [0.1, 0.15) is 34.1 Å². The number of aromatic nitrogens is 4. The Morgan fingerprint density at radius 3 is 2.61 bits per heavy atom. The zero-order chi connectivity index (χ0) is 23.7. The second kappa shape index (κ2) is 8.89. The Kier molecular flexibility index (Phi) is 5.99. The highest BCUT2D eigenvalue weighted by Gasteiger charge is 2.37. The molecule has 2 bridgehead atoms. The van der Waals surface area contributed by atoms with E-state index in [1.165, 1.54) is 0 Å². The Labute approximate surface area is 189 Å². The van der Waals surface area contributed by atoms with Crippen LogP contribution in [-0.2, 0) is 18.4 Å².